The summed E-state index contributed by atoms with van der Waals surface area (Å²) in [5, 5.41) is 27.8. The van der Waals surface area contributed by atoms with Crippen LogP contribution < -0.4 is 4.74 Å². The fourth-order valence-electron chi connectivity index (χ4n) is 3.44. The summed E-state index contributed by atoms with van der Waals surface area (Å²) < 4.78 is 5.13. The van der Waals surface area contributed by atoms with Gasteiger partial charge in [0.15, 0.2) is 0 Å². The molecule has 0 saturated heterocycles. The second kappa shape index (κ2) is 8.08. The highest BCUT2D eigenvalue weighted by molar-refractivity contribution is 6.34. The number of hydrogen-bond donors (Lipinski definition) is 3. The molecular formula is C23H19ClN2O4. The number of nitrogens with one attached hydrogen (secondary N) is 1. The molecule has 0 atom stereocenters. The van der Waals surface area contributed by atoms with Crippen LogP contribution in [0.15, 0.2) is 54.6 Å². The van der Waals surface area contributed by atoms with Gasteiger partial charge in [0.2, 0.25) is 0 Å². The Kier molecular flexibility index (Phi) is 5.33. The number of aryl methyl sites for hydroxylation is 1. The predicted octanol–water partition coefficient (Wildman–Crippen LogP) is 5.28. The highest BCUT2D eigenvalue weighted by Gasteiger charge is 2.13. The second-order valence-electron chi connectivity index (χ2n) is 6.90. The molecule has 7 heteroatoms. The Hall–Kier alpha value is -3.51. The van der Waals surface area contributed by atoms with Gasteiger partial charge >= 0.3 is 5.97 Å². The molecule has 1 heterocycles. The van der Waals surface area contributed by atoms with E-state index in [2.05, 4.69) is 10.2 Å². The number of rotatable bonds is 6. The fraction of sp³-hybridized carbons (Fsp3) is 0.130. The lowest BCUT2D eigenvalue weighted by Crippen LogP contribution is -1.98. The average Bonchev–Trinajstić information content (AvgIpc) is 3.13. The number of aromatic nitrogens is 2. The molecule has 3 aromatic carbocycles. The van der Waals surface area contributed by atoms with Crippen LogP contribution >= 0.6 is 11.6 Å². The van der Waals surface area contributed by atoms with E-state index >= 15 is 0 Å². The Bertz CT molecular complexity index is 1230. The van der Waals surface area contributed by atoms with Crippen LogP contribution in [-0.4, -0.2) is 33.5 Å². The van der Waals surface area contributed by atoms with Crippen molar-refractivity contribution in [3.63, 3.8) is 0 Å². The first-order valence-corrected chi connectivity index (χ1v) is 9.70. The summed E-state index contributed by atoms with van der Waals surface area (Å²) in [7, 11) is 1.55. The number of carboxylic acid groups (broad SMARTS) is 1. The molecule has 0 unspecified atom stereocenters. The second-order valence-corrected chi connectivity index (χ2v) is 7.31. The van der Waals surface area contributed by atoms with Crippen LogP contribution in [0.4, 0.5) is 0 Å². The maximum atomic E-state index is 10.9. The molecule has 0 bridgehead atoms. The van der Waals surface area contributed by atoms with Crippen molar-refractivity contribution < 1.29 is 19.7 Å². The van der Waals surface area contributed by atoms with Gasteiger partial charge in [0.1, 0.15) is 11.5 Å². The number of carboxylic acids is 1. The normalized spacial score (nSPS) is 11.0. The molecule has 30 heavy (non-hydrogen) atoms. The average molecular weight is 423 g/mol. The van der Waals surface area contributed by atoms with Gasteiger partial charge < -0.3 is 14.9 Å². The molecule has 4 rings (SSSR count). The van der Waals surface area contributed by atoms with Crippen LogP contribution in [0.25, 0.3) is 33.2 Å². The van der Waals surface area contributed by atoms with Gasteiger partial charge in [-0.3, -0.25) is 9.89 Å². The zero-order valence-electron chi connectivity index (χ0n) is 16.1. The van der Waals surface area contributed by atoms with E-state index in [4.69, 9.17) is 21.4 Å². The molecule has 4 aromatic rings. The maximum Gasteiger partial charge on any atom is 0.303 e. The largest absolute Gasteiger partial charge is 0.507 e. The molecule has 0 aliphatic heterocycles. The number of halogens is 1. The van der Waals surface area contributed by atoms with Gasteiger partial charge in [-0.2, -0.15) is 5.10 Å². The number of hydrogen-bond acceptors (Lipinski definition) is 4. The number of nitrogens with zero attached hydrogens (tertiary/aromatic N) is 1. The first-order chi connectivity index (χ1) is 14.5. The highest BCUT2D eigenvalue weighted by atomic mass is 35.5. The van der Waals surface area contributed by atoms with Crippen LogP contribution in [0.3, 0.4) is 0 Å². The van der Waals surface area contributed by atoms with Gasteiger partial charge in [-0.1, -0.05) is 35.9 Å². The van der Waals surface area contributed by atoms with E-state index in [-0.39, 0.29) is 12.2 Å². The Morgan fingerprint density at radius 1 is 1.07 bits per heavy atom. The quantitative estimate of drug-likeness (QED) is 0.393. The summed E-state index contributed by atoms with van der Waals surface area (Å²) >= 11 is 6.49. The van der Waals surface area contributed by atoms with Crippen molar-refractivity contribution in [2.75, 3.05) is 7.11 Å². The van der Waals surface area contributed by atoms with Crippen LogP contribution in [0.1, 0.15) is 12.1 Å². The topological polar surface area (TPSA) is 95.4 Å². The van der Waals surface area contributed by atoms with E-state index in [0.29, 0.717) is 28.5 Å². The SMILES string of the molecule is COc1ccc(-c2ccc(-c3cc4c(CCC(=O)O)n[nH]c4cc3Cl)cc2)c(O)c1. The van der Waals surface area contributed by atoms with Gasteiger partial charge in [0.05, 0.1) is 29.8 Å². The number of methoxy groups -OCH3 is 1. The first-order valence-electron chi connectivity index (χ1n) is 9.32. The smallest absolute Gasteiger partial charge is 0.303 e. The molecule has 0 spiro atoms. The third-order valence-corrected chi connectivity index (χ3v) is 5.33. The lowest BCUT2D eigenvalue weighted by atomic mass is 9.98. The van der Waals surface area contributed by atoms with Gasteiger partial charge in [-0.05, 0) is 35.4 Å². The van der Waals surface area contributed by atoms with Crippen molar-refractivity contribution in [1.29, 1.82) is 0 Å². The van der Waals surface area contributed by atoms with Crippen LogP contribution in [0, 0.1) is 0 Å². The number of aromatic amines is 1. The van der Waals surface area contributed by atoms with Gasteiger partial charge in [-0.25, -0.2) is 0 Å². The fourth-order valence-corrected chi connectivity index (χ4v) is 3.71. The molecule has 0 amide bonds. The van der Waals surface area contributed by atoms with E-state index in [9.17, 15) is 9.90 Å². The first kappa shape index (κ1) is 19.8. The van der Waals surface area contributed by atoms with Crippen LogP contribution in [0.5, 0.6) is 11.5 Å². The summed E-state index contributed by atoms with van der Waals surface area (Å²) in [6.45, 7) is 0. The molecule has 6 nitrogen and oxygen atoms in total. The van der Waals surface area contributed by atoms with Crippen molar-refractivity contribution in [3.05, 3.63) is 65.3 Å². The number of phenolic OH excluding ortho intramolecular Hbond substituents is 1. The zero-order chi connectivity index (χ0) is 21.3. The minimum absolute atomic E-state index is 0.0119. The number of carbonyl (C=O) groups is 1. The summed E-state index contributed by atoms with van der Waals surface area (Å²) in [5.41, 5.74) is 4.77. The minimum Gasteiger partial charge on any atom is -0.507 e. The summed E-state index contributed by atoms with van der Waals surface area (Å²) in [6.07, 6.45) is 0.351. The van der Waals surface area contributed by atoms with E-state index in [1.165, 1.54) is 0 Å². The minimum atomic E-state index is -0.863. The monoisotopic (exact) mass is 422 g/mol. The molecule has 3 N–H and O–H groups in total. The van der Waals surface area contributed by atoms with Gasteiger partial charge in [0.25, 0.3) is 0 Å². The van der Waals surface area contributed by atoms with Crippen molar-refractivity contribution in [2.45, 2.75) is 12.8 Å². The van der Waals surface area contributed by atoms with Crippen molar-refractivity contribution >= 4 is 28.5 Å². The highest BCUT2D eigenvalue weighted by Crippen LogP contribution is 2.36. The molecule has 152 valence electrons. The molecular weight excluding hydrogens is 404 g/mol. The lowest BCUT2D eigenvalue weighted by Gasteiger charge is -2.10. The number of benzene rings is 3. The molecule has 1 aromatic heterocycles. The Morgan fingerprint density at radius 2 is 1.77 bits per heavy atom. The number of aliphatic carboxylic acids is 1. The van der Waals surface area contributed by atoms with E-state index in [1.807, 2.05) is 36.4 Å². The zero-order valence-corrected chi connectivity index (χ0v) is 16.9. The van der Waals surface area contributed by atoms with E-state index in [0.717, 1.165) is 27.6 Å². The third kappa shape index (κ3) is 3.82. The maximum absolute atomic E-state index is 10.9. The molecule has 0 aliphatic carbocycles. The van der Waals surface area contributed by atoms with E-state index < -0.39 is 5.97 Å². The number of aromatic hydroxyl groups is 1. The third-order valence-electron chi connectivity index (χ3n) is 5.02. The van der Waals surface area contributed by atoms with Crippen molar-refractivity contribution in [2.24, 2.45) is 0 Å². The standard InChI is InChI=1S/C23H19ClN2O4/c1-30-15-6-7-16(22(27)10-15)13-2-4-14(5-3-13)17-11-18-20(8-9-23(28)29)25-26-21(18)12-19(17)24/h2-7,10-12,27H,8-9H2,1H3,(H,25,26)(H,28,29). The Balaban J connectivity index is 1.69. The number of ether oxygens (including phenoxy) is 1. The van der Waals surface area contributed by atoms with Crippen molar-refractivity contribution in [3.8, 4) is 33.8 Å². The summed E-state index contributed by atoms with van der Waals surface area (Å²) in [6, 6.07) is 16.6. The van der Waals surface area contributed by atoms with Crippen LogP contribution in [-0.2, 0) is 11.2 Å². The summed E-state index contributed by atoms with van der Waals surface area (Å²) in [4.78, 5) is 10.9. The molecule has 0 saturated carbocycles. The Labute approximate surface area is 177 Å². The molecule has 0 aliphatic rings. The predicted molar refractivity (Wildman–Crippen MR) is 116 cm³/mol. The van der Waals surface area contributed by atoms with E-state index in [1.54, 1.807) is 25.3 Å². The lowest BCUT2D eigenvalue weighted by molar-refractivity contribution is -0.136. The number of H-pyrrole nitrogens is 1. The van der Waals surface area contributed by atoms with Gasteiger partial charge in [-0.15, -0.1) is 0 Å². The Morgan fingerprint density at radius 3 is 2.40 bits per heavy atom. The number of phenols is 1. The van der Waals surface area contributed by atoms with Gasteiger partial charge in [0, 0.05) is 29.0 Å². The molecule has 0 fully saturated rings. The summed E-state index contributed by atoms with van der Waals surface area (Å²) in [5.74, 6) is -0.132. The number of fused-ring (bicyclic) bond motifs is 1. The van der Waals surface area contributed by atoms with Crippen LogP contribution in [0.2, 0.25) is 5.02 Å². The molecule has 0 radical (unpaired) electrons. The van der Waals surface area contributed by atoms with Crippen molar-refractivity contribution in [1.82, 2.24) is 10.2 Å².